The van der Waals surface area contributed by atoms with Gasteiger partial charge in [-0.2, -0.15) is 0 Å². The summed E-state index contributed by atoms with van der Waals surface area (Å²) in [5, 5.41) is 2.93. The molecule has 0 spiro atoms. The first-order valence-electron chi connectivity index (χ1n) is 11.1. The smallest absolute Gasteiger partial charge is 0.255 e. The van der Waals surface area contributed by atoms with Crippen molar-refractivity contribution in [3.63, 3.8) is 0 Å². The SMILES string of the molecule is COc1cccc(C(=O)Nc2cccc(-c3cc4c(o3)CCN(C(=O)c3ccccc3)C4)c2)c1. The molecule has 2 amide bonds. The molecule has 34 heavy (non-hydrogen) atoms. The summed E-state index contributed by atoms with van der Waals surface area (Å²) in [5.41, 5.74) is 3.74. The lowest BCUT2D eigenvalue weighted by Crippen LogP contribution is -2.35. The Kier molecular flexibility index (Phi) is 5.87. The highest BCUT2D eigenvalue weighted by Gasteiger charge is 2.25. The Hall–Kier alpha value is -4.32. The van der Waals surface area contributed by atoms with Gasteiger partial charge in [-0.05, 0) is 48.5 Å². The summed E-state index contributed by atoms with van der Waals surface area (Å²) in [6.07, 6.45) is 0.667. The molecule has 0 aliphatic carbocycles. The predicted molar refractivity (Wildman–Crippen MR) is 130 cm³/mol. The number of nitrogens with zero attached hydrogens (tertiary/aromatic N) is 1. The van der Waals surface area contributed by atoms with E-state index in [1.54, 1.807) is 31.4 Å². The molecular weight excluding hydrogens is 428 g/mol. The van der Waals surface area contributed by atoms with E-state index in [9.17, 15) is 9.59 Å². The van der Waals surface area contributed by atoms with Crippen LogP contribution in [0, 0.1) is 0 Å². The van der Waals surface area contributed by atoms with Gasteiger partial charge in [0, 0.05) is 47.5 Å². The minimum atomic E-state index is -0.218. The summed E-state index contributed by atoms with van der Waals surface area (Å²) in [5.74, 6) is 2.05. The summed E-state index contributed by atoms with van der Waals surface area (Å²) >= 11 is 0. The number of ether oxygens (including phenoxy) is 1. The third kappa shape index (κ3) is 4.43. The van der Waals surface area contributed by atoms with Gasteiger partial charge in [0.25, 0.3) is 11.8 Å². The predicted octanol–water partition coefficient (Wildman–Crippen LogP) is 5.41. The highest BCUT2D eigenvalue weighted by Crippen LogP contribution is 2.31. The van der Waals surface area contributed by atoms with Crippen molar-refractivity contribution in [1.82, 2.24) is 4.90 Å². The van der Waals surface area contributed by atoms with E-state index in [2.05, 4.69) is 5.32 Å². The Morgan fingerprint density at radius 1 is 0.912 bits per heavy atom. The van der Waals surface area contributed by atoms with Crippen molar-refractivity contribution in [1.29, 1.82) is 0 Å². The van der Waals surface area contributed by atoms with Crippen molar-refractivity contribution in [2.75, 3.05) is 19.0 Å². The molecule has 6 heteroatoms. The number of benzene rings is 3. The molecular formula is C28H24N2O4. The van der Waals surface area contributed by atoms with Crippen LogP contribution in [-0.4, -0.2) is 30.4 Å². The van der Waals surface area contributed by atoms with Gasteiger partial charge in [0.1, 0.15) is 17.3 Å². The molecule has 1 aromatic heterocycles. The van der Waals surface area contributed by atoms with E-state index in [0.717, 1.165) is 22.6 Å². The van der Waals surface area contributed by atoms with Crippen LogP contribution in [0.1, 0.15) is 32.0 Å². The second-order valence-corrected chi connectivity index (χ2v) is 8.17. The monoisotopic (exact) mass is 452 g/mol. The van der Waals surface area contributed by atoms with Crippen molar-refractivity contribution in [3.8, 4) is 17.1 Å². The molecule has 0 unspecified atom stereocenters. The van der Waals surface area contributed by atoms with Crippen LogP contribution in [0.25, 0.3) is 11.3 Å². The summed E-state index contributed by atoms with van der Waals surface area (Å²) in [6, 6.07) is 25.9. The lowest BCUT2D eigenvalue weighted by molar-refractivity contribution is 0.0730. The Labute approximate surface area is 197 Å². The molecule has 1 aliphatic rings. The number of nitrogens with one attached hydrogen (secondary N) is 1. The number of hydrogen-bond acceptors (Lipinski definition) is 4. The largest absolute Gasteiger partial charge is 0.497 e. The molecule has 3 aromatic carbocycles. The van der Waals surface area contributed by atoms with E-state index < -0.39 is 0 Å². The third-order valence-corrected chi connectivity index (χ3v) is 5.91. The van der Waals surface area contributed by atoms with Gasteiger partial charge in [0.05, 0.1) is 7.11 Å². The van der Waals surface area contributed by atoms with Crippen molar-refractivity contribution in [3.05, 3.63) is 107 Å². The number of methoxy groups -OCH3 is 1. The van der Waals surface area contributed by atoms with Crippen LogP contribution >= 0.6 is 0 Å². The zero-order valence-electron chi connectivity index (χ0n) is 18.8. The molecule has 5 rings (SSSR count). The first kappa shape index (κ1) is 21.5. The zero-order valence-corrected chi connectivity index (χ0v) is 18.8. The first-order chi connectivity index (χ1) is 16.6. The van der Waals surface area contributed by atoms with Crippen molar-refractivity contribution >= 4 is 17.5 Å². The number of rotatable bonds is 5. The fourth-order valence-electron chi connectivity index (χ4n) is 4.13. The summed E-state index contributed by atoms with van der Waals surface area (Å²) < 4.78 is 11.3. The number of carbonyl (C=O) groups is 2. The van der Waals surface area contributed by atoms with E-state index in [-0.39, 0.29) is 11.8 Å². The molecule has 0 atom stereocenters. The topological polar surface area (TPSA) is 71.8 Å². The molecule has 1 N–H and O–H groups in total. The van der Waals surface area contributed by atoms with E-state index >= 15 is 0 Å². The first-order valence-corrected chi connectivity index (χ1v) is 11.1. The Bertz CT molecular complexity index is 1340. The second kappa shape index (κ2) is 9.27. The third-order valence-electron chi connectivity index (χ3n) is 5.91. The van der Waals surface area contributed by atoms with Crippen LogP contribution in [0.5, 0.6) is 5.75 Å². The van der Waals surface area contributed by atoms with Crippen LogP contribution in [0.2, 0.25) is 0 Å². The maximum atomic E-state index is 12.8. The van der Waals surface area contributed by atoms with Gasteiger partial charge in [-0.15, -0.1) is 0 Å². The summed E-state index contributed by atoms with van der Waals surface area (Å²) in [6.45, 7) is 1.13. The maximum absolute atomic E-state index is 12.8. The van der Waals surface area contributed by atoms with Crippen molar-refractivity contribution in [2.45, 2.75) is 13.0 Å². The number of carbonyl (C=O) groups excluding carboxylic acids is 2. The highest BCUT2D eigenvalue weighted by molar-refractivity contribution is 6.04. The highest BCUT2D eigenvalue weighted by atomic mass is 16.5. The molecule has 0 saturated heterocycles. The number of fused-ring (bicyclic) bond motifs is 1. The zero-order chi connectivity index (χ0) is 23.5. The average molecular weight is 453 g/mol. The lowest BCUT2D eigenvalue weighted by Gasteiger charge is -2.26. The van der Waals surface area contributed by atoms with E-state index in [1.807, 2.05) is 65.6 Å². The van der Waals surface area contributed by atoms with E-state index in [0.29, 0.717) is 42.1 Å². The Morgan fingerprint density at radius 3 is 2.53 bits per heavy atom. The maximum Gasteiger partial charge on any atom is 0.255 e. The number of anilines is 1. The van der Waals surface area contributed by atoms with Crippen molar-refractivity contribution < 1.29 is 18.7 Å². The Morgan fingerprint density at radius 2 is 1.71 bits per heavy atom. The van der Waals surface area contributed by atoms with Gasteiger partial charge < -0.3 is 19.4 Å². The van der Waals surface area contributed by atoms with E-state index in [1.165, 1.54) is 0 Å². The lowest BCUT2D eigenvalue weighted by atomic mass is 10.1. The average Bonchev–Trinajstić information content (AvgIpc) is 3.32. The molecule has 0 bridgehead atoms. The summed E-state index contributed by atoms with van der Waals surface area (Å²) in [7, 11) is 1.57. The minimum Gasteiger partial charge on any atom is -0.497 e. The second-order valence-electron chi connectivity index (χ2n) is 8.17. The molecule has 0 fully saturated rings. The Balaban J connectivity index is 1.32. The number of hydrogen-bond donors (Lipinski definition) is 1. The standard InChI is InChI=1S/C28H24N2O4/c1-33-24-12-6-10-21(16-24)27(31)29-23-11-5-9-20(15-23)26-17-22-18-30(14-13-25(22)34-26)28(32)19-7-3-2-4-8-19/h2-12,15-17H,13-14,18H2,1H3,(H,29,31). The molecule has 4 aromatic rings. The van der Waals surface area contributed by atoms with Gasteiger partial charge in [-0.1, -0.05) is 36.4 Å². The molecule has 6 nitrogen and oxygen atoms in total. The number of amides is 2. The molecule has 1 aliphatic heterocycles. The fraction of sp³-hybridized carbons (Fsp3) is 0.143. The fourth-order valence-corrected chi connectivity index (χ4v) is 4.13. The van der Waals surface area contributed by atoms with Gasteiger partial charge in [-0.3, -0.25) is 9.59 Å². The van der Waals surface area contributed by atoms with Crippen LogP contribution in [0.4, 0.5) is 5.69 Å². The minimum absolute atomic E-state index is 0.0243. The molecule has 0 radical (unpaired) electrons. The summed E-state index contributed by atoms with van der Waals surface area (Å²) in [4.78, 5) is 27.4. The van der Waals surface area contributed by atoms with Crippen LogP contribution in [0.15, 0.2) is 89.3 Å². The normalized spacial score (nSPS) is 12.7. The van der Waals surface area contributed by atoms with Gasteiger partial charge >= 0.3 is 0 Å². The van der Waals surface area contributed by atoms with E-state index in [4.69, 9.17) is 9.15 Å². The van der Waals surface area contributed by atoms with Gasteiger partial charge in [-0.25, -0.2) is 0 Å². The molecule has 170 valence electrons. The number of furan rings is 1. The van der Waals surface area contributed by atoms with Crippen LogP contribution < -0.4 is 10.1 Å². The molecule has 0 saturated carbocycles. The molecule has 2 heterocycles. The quantitative estimate of drug-likeness (QED) is 0.440. The van der Waals surface area contributed by atoms with Crippen LogP contribution in [0.3, 0.4) is 0 Å². The van der Waals surface area contributed by atoms with Gasteiger partial charge in [0.15, 0.2) is 0 Å². The van der Waals surface area contributed by atoms with Gasteiger partial charge in [0.2, 0.25) is 0 Å². The van der Waals surface area contributed by atoms with Crippen LogP contribution in [-0.2, 0) is 13.0 Å². The van der Waals surface area contributed by atoms with Crippen molar-refractivity contribution in [2.24, 2.45) is 0 Å².